The Labute approximate surface area is 193 Å². The second kappa shape index (κ2) is 9.40. The lowest BCUT2D eigenvalue weighted by Gasteiger charge is -2.34. The van der Waals surface area contributed by atoms with Crippen LogP contribution in [0.5, 0.6) is 0 Å². The Morgan fingerprint density at radius 1 is 1.13 bits per heavy atom. The summed E-state index contributed by atoms with van der Waals surface area (Å²) in [5.74, 6) is -0.592. The van der Waals surface area contributed by atoms with Crippen molar-refractivity contribution in [3.05, 3.63) is 57.6 Å². The number of nitrogens with zero attached hydrogens (tertiary/aromatic N) is 3. The number of aromatic nitrogens is 1. The van der Waals surface area contributed by atoms with Crippen molar-refractivity contribution in [3.63, 3.8) is 0 Å². The first-order chi connectivity index (χ1) is 14.9. The average Bonchev–Trinajstić information content (AvgIpc) is 3.17. The van der Waals surface area contributed by atoms with Crippen LogP contribution in [0.4, 0.5) is 5.13 Å². The van der Waals surface area contributed by atoms with Crippen LogP contribution in [0.25, 0.3) is 10.2 Å². The highest BCUT2D eigenvalue weighted by Crippen LogP contribution is 2.30. The molecule has 1 amide bonds. The number of amides is 1. The predicted molar refractivity (Wildman–Crippen MR) is 123 cm³/mol. The van der Waals surface area contributed by atoms with Gasteiger partial charge in [0.2, 0.25) is 0 Å². The largest absolute Gasteiger partial charge is 0.462 e. The van der Waals surface area contributed by atoms with E-state index in [-0.39, 0.29) is 11.9 Å². The molecule has 1 saturated heterocycles. The molecular weight excluding hydrogens is 459 g/mol. The van der Waals surface area contributed by atoms with Crippen LogP contribution in [-0.4, -0.2) is 54.7 Å². The summed E-state index contributed by atoms with van der Waals surface area (Å²) >= 11 is 13.6. The van der Waals surface area contributed by atoms with E-state index in [1.165, 1.54) is 11.3 Å². The number of esters is 1. The van der Waals surface area contributed by atoms with E-state index in [9.17, 15) is 9.59 Å². The van der Waals surface area contributed by atoms with E-state index in [0.29, 0.717) is 54.0 Å². The van der Waals surface area contributed by atoms with E-state index in [2.05, 4.69) is 10.3 Å². The summed E-state index contributed by atoms with van der Waals surface area (Å²) in [4.78, 5) is 31.3. The lowest BCUT2D eigenvalue weighted by atomic mass is 10.2. The predicted octanol–water partition coefficient (Wildman–Crippen LogP) is 4.25. The fourth-order valence-corrected chi connectivity index (χ4v) is 4.83. The third kappa shape index (κ3) is 4.93. The lowest BCUT2D eigenvalue weighted by molar-refractivity contribution is 0.0526. The van der Waals surface area contributed by atoms with E-state index in [1.807, 2.05) is 17.1 Å². The summed E-state index contributed by atoms with van der Waals surface area (Å²) in [6.07, 6.45) is 0. The molecule has 3 aromatic rings. The number of hydrogen-bond acceptors (Lipinski definition) is 7. The zero-order valence-electron chi connectivity index (χ0n) is 16.7. The molecule has 4 rings (SSSR count). The number of nitrogens with one attached hydrogen (secondary N) is 1. The van der Waals surface area contributed by atoms with Crippen LogP contribution in [-0.2, 0) is 4.74 Å². The summed E-state index contributed by atoms with van der Waals surface area (Å²) < 4.78 is 6.01. The molecule has 10 heteroatoms. The topological polar surface area (TPSA) is 74.8 Å². The van der Waals surface area contributed by atoms with Gasteiger partial charge in [-0.3, -0.25) is 10.2 Å². The Balaban J connectivity index is 1.38. The molecule has 0 atom stereocenters. The van der Waals surface area contributed by atoms with Crippen molar-refractivity contribution in [2.75, 3.05) is 37.7 Å². The van der Waals surface area contributed by atoms with E-state index in [1.54, 1.807) is 31.2 Å². The van der Waals surface area contributed by atoms with E-state index in [0.717, 1.165) is 15.3 Å². The first kappa shape index (κ1) is 21.8. The van der Waals surface area contributed by atoms with Gasteiger partial charge in [-0.05, 0) is 43.3 Å². The van der Waals surface area contributed by atoms with Crippen molar-refractivity contribution in [1.82, 2.24) is 15.4 Å². The van der Waals surface area contributed by atoms with Crippen LogP contribution in [0.1, 0.15) is 27.6 Å². The molecule has 1 aliphatic rings. The summed E-state index contributed by atoms with van der Waals surface area (Å²) in [6.45, 7) is 4.82. The molecule has 31 heavy (non-hydrogen) atoms. The molecule has 1 aliphatic heterocycles. The van der Waals surface area contributed by atoms with Crippen LogP contribution < -0.4 is 10.3 Å². The minimum atomic E-state index is -0.329. The molecular formula is C21H20Cl2N4O3S. The molecule has 7 nitrogen and oxygen atoms in total. The van der Waals surface area contributed by atoms with Crippen molar-refractivity contribution in [2.24, 2.45) is 0 Å². The maximum Gasteiger partial charge on any atom is 0.338 e. The van der Waals surface area contributed by atoms with Gasteiger partial charge in [0, 0.05) is 31.2 Å². The quantitative estimate of drug-likeness (QED) is 0.552. The number of fused-ring (bicyclic) bond motifs is 1. The Morgan fingerprint density at radius 2 is 1.90 bits per heavy atom. The molecule has 0 unspecified atom stereocenters. The van der Waals surface area contributed by atoms with Gasteiger partial charge in [0.15, 0.2) is 5.13 Å². The van der Waals surface area contributed by atoms with Gasteiger partial charge >= 0.3 is 5.97 Å². The van der Waals surface area contributed by atoms with Gasteiger partial charge in [0.25, 0.3) is 5.91 Å². The summed E-state index contributed by atoms with van der Waals surface area (Å²) in [5.41, 5.74) is 4.66. The number of ether oxygens (including phenoxy) is 1. The molecule has 2 heterocycles. The van der Waals surface area contributed by atoms with E-state index < -0.39 is 0 Å². The van der Waals surface area contributed by atoms with Crippen LogP contribution in [0.3, 0.4) is 0 Å². The smallest absolute Gasteiger partial charge is 0.338 e. The highest BCUT2D eigenvalue weighted by molar-refractivity contribution is 7.22. The lowest BCUT2D eigenvalue weighted by Crippen LogP contribution is -2.53. The van der Waals surface area contributed by atoms with Gasteiger partial charge in [-0.1, -0.05) is 34.5 Å². The normalized spacial score (nSPS) is 14.6. The van der Waals surface area contributed by atoms with Crippen molar-refractivity contribution >= 4 is 61.8 Å². The second-order valence-electron chi connectivity index (χ2n) is 6.94. The molecule has 0 bridgehead atoms. The number of carbonyl (C=O) groups is 2. The van der Waals surface area contributed by atoms with Gasteiger partial charge in [0.1, 0.15) is 0 Å². The zero-order valence-corrected chi connectivity index (χ0v) is 19.1. The summed E-state index contributed by atoms with van der Waals surface area (Å²) in [7, 11) is 0. The molecule has 2 aromatic carbocycles. The van der Waals surface area contributed by atoms with E-state index >= 15 is 0 Å². The number of halogens is 2. The Bertz CT molecular complexity index is 1130. The average molecular weight is 479 g/mol. The number of thiazole rings is 1. The summed E-state index contributed by atoms with van der Waals surface area (Å²) in [6, 6.07) is 10.2. The zero-order chi connectivity index (χ0) is 22.0. The minimum absolute atomic E-state index is 0.262. The first-order valence-corrected chi connectivity index (χ1v) is 11.4. The highest BCUT2D eigenvalue weighted by Gasteiger charge is 2.22. The van der Waals surface area contributed by atoms with Gasteiger partial charge in [-0.15, -0.1) is 0 Å². The molecule has 1 N–H and O–H groups in total. The van der Waals surface area contributed by atoms with Gasteiger partial charge in [0.05, 0.1) is 33.0 Å². The third-order valence-electron chi connectivity index (χ3n) is 4.87. The number of benzene rings is 2. The maximum absolute atomic E-state index is 12.5. The van der Waals surface area contributed by atoms with Crippen LogP contribution in [0.2, 0.25) is 10.0 Å². The van der Waals surface area contributed by atoms with Gasteiger partial charge in [-0.25, -0.2) is 14.8 Å². The standard InChI is InChI=1S/C21H20Cl2N4O3S/c1-2-30-20(29)13-3-6-17-18(11-13)31-21(24-17)26-7-9-27(10-8-26)25-19(28)15-5-4-14(22)12-16(15)23/h3-6,11-12H,2,7-10H2,1H3,(H,25,28). The molecule has 0 radical (unpaired) electrons. The Morgan fingerprint density at radius 3 is 2.61 bits per heavy atom. The molecule has 1 fully saturated rings. The van der Waals surface area contributed by atoms with Crippen molar-refractivity contribution in [2.45, 2.75) is 6.92 Å². The number of anilines is 1. The van der Waals surface area contributed by atoms with Crippen LogP contribution in [0, 0.1) is 0 Å². The van der Waals surface area contributed by atoms with Gasteiger partial charge in [-0.2, -0.15) is 0 Å². The Kier molecular flexibility index (Phi) is 6.62. The minimum Gasteiger partial charge on any atom is -0.462 e. The van der Waals surface area contributed by atoms with Crippen molar-refractivity contribution in [1.29, 1.82) is 0 Å². The highest BCUT2D eigenvalue weighted by atomic mass is 35.5. The van der Waals surface area contributed by atoms with Crippen molar-refractivity contribution in [3.8, 4) is 0 Å². The second-order valence-corrected chi connectivity index (χ2v) is 8.79. The molecule has 0 saturated carbocycles. The molecule has 1 aromatic heterocycles. The Hall–Kier alpha value is -2.39. The van der Waals surface area contributed by atoms with Crippen LogP contribution >= 0.6 is 34.5 Å². The molecule has 0 spiro atoms. The van der Waals surface area contributed by atoms with E-state index in [4.69, 9.17) is 32.9 Å². The molecule has 162 valence electrons. The number of rotatable bonds is 5. The fourth-order valence-electron chi connectivity index (χ4n) is 3.28. The number of carbonyl (C=O) groups excluding carboxylic acids is 2. The van der Waals surface area contributed by atoms with Crippen LogP contribution in [0.15, 0.2) is 36.4 Å². The SMILES string of the molecule is CCOC(=O)c1ccc2nc(N3CCN(NC(=O)c4ccc(Cl)cc4Cl)CC3)sc2c1. The fraction of sp³-hybridized carbons (Fsp3) is 0.286. The van der Waals surface area contributed by atoms with Gasteiger partial charge < -0.3 is 9.64 Å². The number of piperazine rings is 1. The number of hydrogen-bond donors (Lipinski definition) is 1. The number of hydrazine groups is 1. The first-order valence-electron chi connectivity index (χ1n) is 9.78. The summed E-state index contributed by atoms with van der Waals surface area (Å²) in [5, 5.41) is 3.57. The maximum atomic E-state index is 12.5. The van der Waals surface area contributed by atoms with Crippen molar-refractivity contribution < 1.29 is 14.3 Å². The molecule has 0 aliphatic carbocycles. The monoisotopic (exact) mass is 478 g/mol. The third-order valence-corrected chi connectivity index (χ3v) is 6.50.